The number of hydrogen-bond acceptors (Lipinski definition) is 8. The molecular formula is C19H18F2N8O. The minimum Gasteiger partial charge on any atom is -0.478 e. The monoisotopic (exact) mass is 412 g/mol. The minimum absolute atomic E-state index is 0.118. The van der Waals surface area contributed by atoms with Gasteiger partial charge in [0.2, 0.25) is 5.95 Å². The number of anilines is 3. The van der Waals surface area contributed by atoms with Crippen molar-refractivity contribution in [1.82, 2.24) is 19.7 Å². The predicted molar refractivity (Wildman–Crippen MR) is 106 cm³/mol. The van der Waals surface area contributed by atoms with Crippen molar-refractivity contribution >= 4 is 23.7 Å². The van der Waals surface area contributed by atoms with Gasteiger partial charge in [-0.2, -0.15) is 10.2 Å². The third-order valence-corrected chi connectivity index (χ3v) is 4.05. The second kappa shape index (κ2) is 9.42. The Bertz CT molecular complexity index is 1080. The van der Waals surface area contributed by atoms with Crippen molar-refractivity contribution in [3.05, 3.63) is 53.3 Å². The first-order valence-corrected chi connectivity index (χ1v) is 8.80. The van der Waals surface area contributed by atoms with Gasteiger partial charge in [-0.3, -0.25) is 4.68 Å². The number of benzene rings is 1. The van der Waals surface area contributed by atoms with Gasteiger partial charge in [0.25, 0.3) is 12.3 Å². The zero-order valence-electron chi connectivity index (χ0n) is 15.9. The van der Waals surface area contributed by atoms with Crippen molar-refractivity contribution in [3.63, 3.8) is 0 Å². The Balaban J connectivity index is 1.82. The Hall–Kier alpha value is -4.07. The fraction of sp³-hybridized carbons (Fsp3) is 0.211. The minimum atomic E-state index is -2.56. The largest absolute Gasteiger partial charge is 0.478 e. The molecule has 0 radical (unpaired) electrons. The number of ether oxygens (including phenoxy) is 1. The van der Waals surface area contributed by atoms with Crippen LogP contribution in [0.3, 0.4) is 0 Å². The molecule has 1 aromatic carbocycles. The molecule has 0 fully saturated rings. The van der Waals surface area contributed by atoms with Crippen molar-refractivity contribution in [2.45, 2.75) is 19.5 Å². The zero-order valence-corrected chi connectivity index (χ0v) is 15.9. The molecule has 0 bridgehead atoms. The highest BCUT2D eigenvalue weighted by atomic mass is 19.3. The van der Waals surface area contributed by atoms with E-state index in [0.717, 1.165) is 16.5 Å². The van der Waals surface area contributed by atoms with Crippen molar-refractivity contribution in [2.75, 3.05) is 17.7 Å². The average Bonchev–Trinajstić information content (AvgIpc) is 3.12. The Morgan fingerprint density at radius 3 is 2.87 bits per heavy atom. The average molecular weight is 412 g/mol. The predicted octanol–water partition coefficient (Wildman–Crippen LogP) is 3.17. The second-order valence-electron chi connectivity index (χ2n) is 6.05. The smallest absolute Gasteiger partial charge is 0.257 e. The number of alkyl halides is 2. The zero-order chi connectivity index (χ0) is 21.5. The highest BCUT2D eigenvalue weighted by Gasteiger charge is 2.15. The van der Waals surface area contributed by atoms with Gasteiger partial charge in [-0.05, 0) is 11.6 Å². The van der Waals surface area contributed by atoms with E-state index in [9.17, 15) is 14.0 Å². The first-order chi connectivity index (χ1) is 14.5. The van der Waals surface area contributed by atoms with E-state index in [4.69, 9.17) is 10.1 Å². The third-order valence-electron chi connectivity index (χ3n) is 4.05. The summed E-state index contributed by atoms with van der Waals surface area (Å²) in [6.07, 6.45) is 1.35. The number of aromatic nitrogens is 4. The van der Waals surface area contributed by atoms with Crippen LogP contribution in [0, 0.1) is 16.7 Å². The summed E-state index contributed by atoms with van der Waals surface area (Å²) in [6, 6.07) is 9.26. The van der Waals surface area contributed by atoms with Gasteiger partial charge in [-0.15, -0.1) is 5.10 Å². The number of nitriles is 1. The molecule has 0 aliphatic carbocycles. The highest BCUT2D eigenvalue weighted by molar-refractivity contribution is 5.84. The molecule has 0 aliphatic heterocycles. The summed E-state index contributed by atoms with van der Waals surface area (Å²) in [5.74, 6) is 0.647. The molecule has 0 atom stereocenters. The molecule has 0 saturated carbocycles. The SMILES string of the molecule is COc1nn(CC(F)F)cc1Nc1ncc(C=N)c(NCc2ccccc2C#N)n1. The molecule has 3 N–H and O–H groups in total. The Labute approximate surface area is 170 Å². The van der Waals surface area contributed by atoms with E-state index in [2.05, 4.69) is 31.8 Å². The molecule has 0 spiro atoms. The third kappa shape index (κ3) is 4.85. The van der Waals surface area contributed by atoms with E-state index in [0.29, 0.717) is 29.2 Å². The van der Waals surface area contributed by atoms with Gasteiger partial charge in [0.05, 0.1) is 30.5 Å². The number of nitrogens with zero attached hydrogens (tertiary/aromatic N) is 5. The maximum Gasteiger partial charge on any atom is 0.257 e. The number of nitrogens with one attached hydrogen (secondary N) is 3. The molecule has 11 heteroatoms. The summed E-state index contributed by atoms with van der Waals surface area (Å²) in [7, 11) is 1.37. The number of halogens is 2. The second-order valence-corrected chi connectivity index (χ2v) is 6.05. The topological polar surface area (TPSA) is 125 Å². The van der Waals surface area contributed by atoms with Crippen LogP contribution in [0.15, 0.2) is 36.7 Å². The van der Waals surface area contributed by atoms with E-state index in [1.54, 1.807) is 12.1 Å². The van der Waals surface area contributed by atoms with Crippen LogP contribution in [0.25, 0.3) is 0 Å². The number of methoxy groups -OCH3 is 1. The van der Waals surface area contributed by atoms with E-state index in [1.165, 1.54) is 19.5 Å². The molecule has 9 nitrogen and oxygen atoms in total. The maximum atomic E-state index is 12.6. The van der Waals surface area contributed by atoms with Gasteiger partial charge in [0, 0.05) is 19.0 Å². The molecule has 154 valence electrons. The van der Waals surface area contributed by atoms with Crippen LogP contribution in [0.5, 0.6) is 5.88 Å². The van der Waals surface area contributed by atoms with Crippen LogP contribution >= 0.6 is 0 Å². The lowest BCUT2D eigenvalue weighted by Gasteiger charge is -2.11. The van der Waals surface area contributed by atoms with Gasteiger partial charge in [0.15, 0.2) is 0 Å². The molecule has 30 heavy (non-hydrogen) atoms. The van der Waals surface area contributed by atoms with Crippen LogP contribution in [-0.2, 0) is 13.1 Å². The Morgan fingerprint density at radius 2 is 2.17 bits per heavy atom. The first kappa shape index (κ1) is 20.7. The quantitative estimate of drug-likeness (QED) is 0.461. The van der Waals surface area contributed by atoms with Gasteiger partial charge in [-0.1, -0.05) is 18.2 Å². The van der Waals surface area contributed by atoms with E-state index >= 15 is 0 Å². The van der Waals surface area contributed by atoms with Crippen molar-refractivity contribution < 1.29 is 13.5 Å². The van der Waals surface area contributed by atoms with Crippen LogP contribution < -0.4 is 15.4 Å². The molecule has 2 aromatic heterocycles. The molecule has 0 unspecified atom stereocenters. The first-order valence-electron chi connectivity index (χ1n) is 8.80. The van der Waals surface area contributed by atoms with Crippen LogP contribution in [0.1, 0.15) is 16.7 Å². The van der Waals surface area contributed by atoms with E-state index in [-0.39, 0.29) is 11.8 Å². The summed E-state index contributed by atoms with van der Waals surface area (Å²) in [5, 5.41) is 26.7. The summed E-state index contributed by atoms with van der Waals surface area (Å²) in [4.78, 5) is 8.48. The van der Waals surface area contributed by atoms with E-state index < -0.39 is 13.0 Å². The Kier molecular flexibility index (Phi) is 6.49. The fourth-order valence-electron chi connectivity index (χ4n) is 2.66. The number of hydrogen-bond donors (Lipinski definition) is 3. The maximum absolute atomic E-state index is 12.6. The summed E-state index contributed by atoms with van der Waals surface area (Å²) < 4.78 is 31.4. The van der Waals surface area contributed by atoms with Crippen LogP contribution in [-0.4, -0.2) is 39.5 Å². The van der Waals surface area contributed by atoms with Crippen molar-refractivity contribution in [1.29, 1.82) is 10.7 Å². The lowest BCUT2D eigenvalue weighted by molar-refractivity contribution is 0.121. The highest BCUT2D eigenvalue weighted by Crippen LogP contribution is 2.26. The van der Waals surface area contributed by atoms with Gasteiger partial charge < -0.3 is 20.8 Å². The van der Waals surface area contributed by atoms with Crippen LogP contribution in [0.4, 0.5) is 26.2 Å². The summed E-state index contributed by atoms with van der Waals surface area (Å²) in [5.41, 5.74) is 2.07. The summed E-state index contributed by atoms with van der Waals surface area (Å²) >= 11 is 0. The van der Waals surface area contributed by atoms with Gasteiger partial charge >= 0.3 is 0 Å². The molecular weight excluding hydrogens is 394 g/mol. The Morgan fingerprint density at radius 1 is 1.37 bits per heavy atom. The van der Waals surface area contributed by atoms with Crippen molar-refractivity contribution in [2.24, 2.45) is 0 Å². The number of rotatable bonds is 9. The van der Waals surface area contributed by atoms with Crippen molar-refractivity contribution in [3.8, 4) is 11.9 Å². The standard InChI is InChI=1S/C19H18F2N8O/c1-30-18-15(10-29(28-18)11-16(20)21)26-19-25-9-14(7-23)17(27-19)24-8-13-5-3-2-4-12(13)6-22/h2-5,7,9-10,16,23H,8,11H2,1H3,(H2,24,25,26,27). The molecule has 2 heterocycles. The van der Waals surface area contributed by atoms with Crippen LogP contribution in [0.2, 0.25) is 0 Å². The lowest BCUT2D eigenvalue weighted by atomic mass is 10.1. The molecule has 3 rings (SSSR count). The normalized spacial score (nSPS) is 10.5. The summed E-state index contributed by atoms with van der Waals surface area (Å²) in [6.45, 7) is -0.257. The van der Waals surface area contributed by atoms with Gasteiger partial charge in [-0.25, -0.2) is 13.8 Å². The molecule has 0 saturated heterocycles. The molecule has 0 aliphatic rings. The fourth-order valence-corrected chi connectivity index (χ4v) is 2.66. The lowest BCUT2D eigenvalue weighted by Crippen LogP contribution is -2.08. The van der Waals surface area contributed by atoms with E-state index in [1.807, 2.05) is 12.1 Å². The van der Waals surface area contributed by atoms with Gasteiger partial charge in [0.1, 0.15) is 18.1 Å². The molecule has 3 aromatic rings. The molecule has 0 amide bonds.